The van der Waals surface area contributed by atoms with Crippen LogP contribution in [0.2, 0.25) is 0 Å². The SMILES string of the molecule is OC1C(F)CCC1c1ccc(Br)cc1. The fourth-order valence-corrected chi connectivity index (χ4v) is 2.27. The third-order valence-electron chi connectivity index (χ3n) is 2.83. The molecule has 76 valence electrons. The Hall–Kier alpha value is -0.410. The molecule has 0 amide bonds. The molecule has 1 aromatic carbocycles. The quantitative estimate of drug-likeness (QED) is 0.821. The zero-order chi connectivity index (χ0) is 10.1. The zero-order valence-electron chi connectivity index (χ0n) is 7.66. The minimum atomic E-state index is -1.05. The summed E-state index contributed by atoms with van der Waals surface area (Å²) in [6, 6.07) is 7.73. The van der Waals surface area contributed by atoms with Gasteiger partial charge in [0.25, 0.3) is 0 Å². The minimum absolute atomic E-state index is 0.0295. The highest BCUT2D eigenvalue weighted by Crippen LogP contribution is 2.36. The molecule has 0 heterocycles. The van der Waals surface area contributed by atoms with Crippen molar-refractivity contribution in [3.63, 3.8) is 0 Å². The monoisotopic (exact) mass is 258 g/mol. The van der Waals surface area contributed by atoms with Gasteiger partial charge in [-0.1, -0.05) is 28.1 Å². The molecule has 0 bridgehead atoms. The number of alkyl halides is 1. The number of aliphatic hydroxyl groups excluding tert-OH is 1. The summed E-state index contributed by atoms with van der Waals surface area (Å²) in [6.45, 7) is 0. The van der Waals surface area contributed by atoms with Crippen LogP contribution in [0.1, 0.15) is 24.3 Å². The average molecular weight is 259 g/mol. The number of hydrogen-bond acceptors (Lipinski definition) is 1. The van der Waals surface area contributed by atoms with Crippen molar-refractivity contribution in [1.82, 2.24) is 0 Å². The first kappa shape index (κ1) is 10.1. The van der Waals surface area contributed by atoms with E-state index < -0.39 is 12.3 Å². The molecule has 1 saturated carbocycles. The topological polar surface area (TPSA) is 20.2 Å². The smallest absolute Gasteiger partial charge is 0.126 e. The maximum atomic E-state index is 13.1. The highest BCUT2D eigenvalue weighted by Gasteiger charge is 2.35. The number of halogens is 2. The van der Waals surface area contributed by atoms with E-state index in [1.54, 1.807) is 0 Å². The van der Waals surface area contributed by atoms with E-state index >= 15 is 0 Å². The van der Waals surface area contributed by atoms with E-state index in [0.29, 0.717) is 6.42 Å². The van der Waals surface area contributed by atoms with Crippen LogP contribution in [0, 0.1) is 0 Å². The van der Waals surface area contributed by atoms with Gasteiger partial charge in [-0.05, 0) is 30.5 Å². The number of benzene rings is 1. The maximum absolute atomic E-state index is 13.1. The zero-order valence-corrected chi connectivity index (χ0v) is 9.24. The first-order valence-corrected chi connectivity index (χ1v) is 5.55. The first-order valence-electron chi connectivity index (χ1n) is 4.76. The molecule has 1 aromatic rings. The second-order valence-electron chi connectivity index (χ2n) is 3.74. The molecule has 0 saturated heterocycles. The van der Waals surface area contributed by atoms with Crippen molar-refractivity contribution < 1.29 is 9.50 Å². The van der Waals surface area contributed by atoms with Crippen molar-refractivity contribution in [2.24, 2.45) is 0 Å². The molecular weight excluding hydrogens is 247 g/mol. The van der Waals surface area contributed by atoms with Crippen LogP contribution in [-0.4, -0.2) is 17.4 Å². The molecule has 3 atom stereocenters. The van der Waals surface area contributed by atoms with Crippen LogP contribution in [0.3, 0.4) is 0 Å². The van der Waals surface area contributed by atoms with Crippen molar-refractivity contribution in [1.29, 1.82) is 0 Å². The standard InChI is InChI=1S/C11H12BrFO/c12-8-3-1-7(2-4-8)9-5-6-10(13)11(9)14/h1-4,9-11,14H,5-6H2. The number of aliphatic hydroxyl groups is 1. The highest BCUT2D eigenvalue weighted by molar-refractivity contribution is 9.10. The van der Waals surface area contributed by atoms with Crippen LogP contribution in [0.4, 0.5) is 4.39 Å². The number of rotatable bonds is 1. The molecule has 1 aliphatic carbocycles. The Morgan fingerprint density at radius 2 is 1.86 bits per heavy atom. The molecule has 0 aliphatic heterocycles. The van der Waals surface area contributed by atoms with E-state index in [1.807, 2.05) is 24.3 Å². The lowest BCUT2D eigenvalue weighted by molar-refractivity contribution is 0.0903. The summed E-state index contributed by atoms with van der Waals surface area (Å²) in [7, 11) is 0. The Kier molecular flexibility index (Phi) is 2.88. The van der Waals surface area contributed by atoms with Crippen LogP contribution in [0.5, 0.6) is 0 Å². The van der Waals surface area contributed by atoms with E-state index in [4.69, 9.17) is 0 Å². The molecule has 0 aromatic heterocycles. The molecule has 0 radical (unpaired) electrons. The van der Waals surface area contributed by atoms with Gasteiger partial charge in [0.1, 0.15) is 6.17 Å². The van der Waals surface area contributed by atoms with Crippen molar-refractivity contribution in [2.75, 3.05) is 0 Å². The second kappa shape index (κ2) is 3.99. The van der Waals surface area contributed by atoms with Gasteiger partial charge in [-0.3, -0.25) is 0 Å². The van der Waals surface area contributed by atoms with E-state index in [2.05, 4.69) is 15.9 Å². The third kappa shape index (κ3) is 1.84. The summed E-state index contributed by atoms with van der Waals surface area (Å²) >= 11 is 3.34. The average Bonchev–Trinajstić information content (AvgIpc) is 2.50. The lowest BCUT2D eigenvalue weighted by Crippen LogP contribution is -2.20. The summed E-state index contributed by atoms with van der Waals surface area (Å²) < 4.78 is 14.1. The molecule has 14 heavy (non-hydrogen) atoms. The summed E-state index contributed by atoms with van der Waals surface area (Å²) in [5.41, 5.74) is 1.03. The second-order valence-corrected chi connectivity index (χ2v) is 4.66. The third-order valence-corrected chi connectivity index (χ3v) is 3.36. The molecule has 1 aliphatic rings. The fourth-order valence-electron chi connectivity index (χ4n) is 2.01. The first-order chi connectivity index (χ1) is 6.68. The van der Waals surface area contributed by atoms with E-state index in [9.17, 15) is 9.50 Å². The highest BCUT2D eigenvalue weighted by atomic mass is 79.9. The van der Waals surface area contributed by atoms with Gasteiger partial charge in [0.05, 0.1) is 6.10 Å². The summed E-state index contributed by atoms with van der Waals surface area (Å²) in [5.74, 6) is -0.0295. The summed E-state index contributed by atoms with van der Waals surface area (Å²) in [4.78, 5) is 0. The van der Waals surface area contributed by atoms with Crippen molar-refractivity contribution >= 4 is 15.9 Å². The van der Waals surface area contributed by atoms with Crippen molar-refractivity contribution in [3.05, 3.63) is 34.3 Å². The van der Waals surface area contributed by atoms with Crippen molar-refractivity contribution in [2.45, 2.75) is 31.0 Å². The molecule has 3 heteroatoms. The molecule has 3 unspecified atom stereocenters. The van der Waals surface area contributed by atoms with Gasteiger partial charge >= 0.3 is 0 Å². The number of hydrogen-bond donors (Lipinski definition) is 1. The Morgan fingerprint density at radius 1 is 1.21 bits per heavy atom. The van der Waals surface area contributed by atoms with Gasteiger partial charge in [0, 0.05) is 10.4 Å². The molecular formula is C11H12BrFO. The largest absolute Gasteiger partial charge is 0.389 e. The normalized spacial score (nSPS) is 32.1. The van der Waals surface area contributed by atoms with E-state index in [0.717, 1.165) is 16.5 Å². The van der Waals surface area contributed by atoms with E-state index in [1.165, 1.54) is 0 Å². The van der Waals surface area contributed by atoms with Gasteiger partial charge in [-0.2, -0.15) is 0 Å². The van der Waals surface area contributed by atoms with Crippen LogP contribution >= 0.6 is 15.9 Å². The Bertz CT molecular complexity index is 312. The van der Waals surface area contributed by atoms with Crippen LogP contribution in [-0.2, 0) is 0 Å². The van der Waals surface area contributed by atoms with E-state index in [-0.39, 0.29) is 5.92 Å². The molecule has 1 fully saturated rings. The molecule has 2 rings (SSSR count). The summed E-state index contributed by atoms with van der Waals surface area (Å²) in [6.07, 6.45) is -0.661. The molecule has 1 N–H and O–H groups in total. The summed E-state index contributed by atoms with van der Waals surface area (Å²) in [5, 5.41) is 9.59. The van der Waals surface area contributed by atoms with Gasteiger partial charge in [-0.15, -0.1) is 0 Å². The Labute approximate surface area is 91.1 Å². The minimum Gasteiger partial charge on any atom is -0.389 e. The fraction of sp³-hybridized carbons (Fsp3) is 0.455. The lowest BCUT2D eigenvalue weighted by Gasteiger charge is -2.15. The predicted molar refractivity (Wildman–Crippen MR) is 57.0 cm³/mol. The van der Waals surface area contributed by atoms with Gasteiger partial charge in [0.2, 0.25) is 0 Å². The van der Waals surface area contributed by atoms with Crippen LogP contribution in [0.15, 0.2) is 28.7 Å². The van der Waals surface area contributed by atoms with Gasteiger partial charge in [-0.25, -0.2) is 4.39 Å². The maximum Gasteiger partial charge on any atom is 0.126 e. The van der Waals surface area contributed by atoms with Crippen molar-refractivity contribution in [3.8, 4) is 0 Å². The predicted octanol–water partition coefficient (Wildman–Crippen LogP) is 3.03. The Balaban J connectivity index is 2.19. The van der Waals surface area contributed by atoms with Crippen LogP contribution in [0.25, 0.3) is 0 Å². The van der Waals surface area contributed by atoms with Crippen LogP contribution < -0.4 is 0 Å². The Morgan fingerprint density at radius 3 is 2.36 bits per heavy atom. The lowest BCUT2D eigenvalue weighted by atomic mass is 9.96. The molecule has 1 nitrogen and oxygen atoms in total. The van der Waals surface area contributed by atoms with Gasteiger partial charge < -0.3 is 5.11 Å². The molecule has 0 spiro atoms. The van der Waals surface area contributed by atoms with Gasteiger partial charge in [0.15, 0.2) is 0 Å².